The van der Waals surface area contributed by atoms with Gasteiger partial charge in [-0.2, -0.15) is 0 Å². The summed E-state index contributed by atoms with van der Waals surface area (Å²) in [5, 5.41) is 0.258. The van der Waals surface area contributed by atoms with Crippen LogP contribution in [0.3, 0.4) is 0 Å². The maximum atomic E-state index is 6.05. The molecule has 1 fully saturated rings. The van der Waals surface area contributed by atoms with E-state index in [9.17, 15) is 0 Å². The number of alkyl halides is 1. The molecule has 1 nitrogen and oxygen atoms in total. The van der Waals surface area contributed by atoms with Crippen LogP contribution in [-0.4, -0.2) is 18.1 Å². The molecule has 1 heterocycles. The molecule has 1 aliphatic heterocycles. The van der Waals surface area contributed by atoms with Crippen molar-refractivity contribution in [2.24, 2.45) is 0 Å². The van der Waals surface area contributed by atoms with Crippen molar-refractivity contribution < 1.29 is 4.74 Å². The number of ether oxygens (including phenoxy) is 1. The number of hydrogen-bond donors (Lipinski definition) is 0. The van der Waals surface area contributed by atoms with Crippen molar-refractivity contribution >= 4 is 11.6 Å². The normalized spacial score (nSPS) is 23.6. The zero-order valence-corrected chi connectivity index (χ0v) is 8.22. The predicted molar refractivity (Wildman–Crippen MR) is 52.7 cm³/mol. The second-order valence-corrected chi connectivity index (χ2v) is 3.88. The minimum absolute atomic E-state index is 0.258. The minimum atomic E-state index is 0.258. The third kappa shape index (κ3) is 4.13. The molecule has 0 aliphatic carbocycles. The third-order valence-electron chi connectivity index (χ3n) is 2.15. The van der Waals surface area contributed by atoms with Crippen LogP contribution in [0, 0.1) is 0 Å². The van der Waals surface area contributed by atoms with Crippen molar-refractivity contribution in [3.05, 3.63) is 12.7 Å². The highest BCUT2D eigenvalue weighted by Gasteiger charge is 2.30. The van der Waals surface area contributed by atoms with Crippen molar-refractivity contribution in [2.75, 3.05) is 6.61 Å². The Morgan fingerprint density at radius 3 is 2.83 bits per heavy atom. The lowest BCUT2D eigenvalue weighted by atomic mass is 10.1. The molecule has 0 amide bonds. The summed E-state index contributed by atoms with van der Waals surface area (Å²) in [7, 11) is 0. The molecule has 0 N–H and O–H groups in total. The lowest BCUT2D eigenvalue weighted by molar-refractivity contribution is 0.391. The average molecular weight is 189 g/mol. The van der Waals surface area contributed by atoms with Crippen molar-refractivity contribution in [2.45, 2.75) is 43.6 Å². The topological polar surface area (TPSA) is 12.5 Å². The van der Waals surface area contributed by atoms with E-state index < -0.39 is 0 Å². The van der Waals surface area contributed by atoms with Gasteiger partial charge in [-0.05, 0) is 19.3 Å². The molecule has 12 heavy (non-hydrogen) atoms. The van der Waals surface area contributed by atoms with Gasteiger partial charge in [0, 0.05) is 0 Å². The molecule has 0 aromatic rings. The summed E-state index contributed by atoms with van der Waals surface area (Å²) in [6.45, 7) is 4.56. The molecule has 70 valence electrons. The van der Waals surface area contributed by atoms with Gasteiger partial charge in [-0.25, -0.2) is 0 Å². The Kier molecular flexibility index (Phi) is 4.70. The Morgan fingerprint density at radius 2 is 2.25 bits per heavy atom. The first kappa shape index (κ1) is 10.1. The zero-order valence-electron chi connectivity index (χ0n) is 7.47. The van der Waals surface area contributed by atoms with Gasteiger partial charge in [-0.1, -0.05) is 18.9 Å². The zero-order chi connectivity index (χ0) is 8.81. The molecule has 0 unspecified atom stereocenters. The molecule has 2 heteroatoms. The Hall–Kier alpha value is -0.0100. The van der Waals surface area contributed by atoms with E-state index >= 15 is 0 Å². The van der Waals surface area contributed by atoms with E-state index in [2.05, 4.69) is 6.58 Å². The second-order valence-electron chi connectivity index (χ2n) is 3.31. The van der Waals surface area contributed by atoms with Gasteiger partial charge in [0.2, 0.25) is 0 Å². The van der Waals surface area contributed by atoms with E-state index in [-0.39, 0.29) is 5.38 Å². The predicted octanol–water partition coefficient (Wildman–Crippen LogP) is 3.13. The number of unbranched alkanes of at least 4 members (excludes halogenated alkanes) is 3. The smallest absolute Gasteiger partial charge is 0.0972 e. The summed E-state index contributed by atoms with van der Waals surface area (Å²) >= 11 is 6.05. The molecular weight excluding hydrogens is 172 g/mol. The van der Waals surface area contributed by atoms with Crippen LogP contribution < -0.4 is 0 Å². The molecule has 1 aliphatic rings. The van der Waals surface area contributed by atoms with E-state index in [1.165, 1.54) is 19.3 Å². The average Bonchev–Trinajstić information content (AvgIpc) is 2.86. The molecule has 0 spiro atoms. The highest BCUT2D eigenvalue weighted by molar-refractivity contribution is 6.21. The van der Waals surface area contributed by atoms with E-state index in [1.807, 2.05) is 6.08 Å². The fourth-order valence-corrected chi connectivity index (χ4v) is 1.55. The number of rotatable bonds is 7. The molecule has 1 rings (SSSR count). The Balaban J connectivity index is 1.84. The second kappa shape index (κ2) is 5.60. The first-order chi connectivity index (χ1) is 5.84. The highest BCUT2D eigenvalue weighted by atomic mass is 35.5. The molecule has 2 atom stereocenters. The van der Waals surface area contributed by atoms with Gasteiger partial charge in [0.05, 0.1) is 18.1 Å². The van der Waals surface area contributed by atoms with Crippen LogP contribution in [-0.2, 0) is 4.74 Å². The van der Waals surface area contributed by atoms with Gasteiger partial charge in [0.15, 0.2) is 0 Å². The largest absolute Gasteiger partial charge is 0.372 e. The SMILES string of the molecule is C=CCCCCC[C@H](Cl)[C@H]1CO1. The highest BCUT2D eigenvalue weighted by Crippen LogP contribution is 2.23. The van der Waals surface area contributed by atoms with Crippen molar-refractivity contribution in [1.29, 1.82) is 0 Å². The summed E-state index contributed by atoms with van der Waals surface area (Å²) in [6, 6.07) is 0. The van der Waals surface area contributed by atoms with E-state index in [0.29, 0.717) is 6.10 Å². The minimum Gasteiger partial charge on any atom is -0.372 e. The number of halogens is 1. The monoisotopic (exact) mass is 188 g/mol. The van der Waals surface area contributed by atoms with Crippen LogP contribution in [0.2, 0.25) is 0 Å². The fourth-order valence-electron chi connectivity index (χ4n) is 1.26. The van der Waals surface area contributed by atoms with Crippen LogP contribution in [0.1, 0.15) is 32.1 Å². The molecule has 0 radical (unpaired) electrons. The molecule has 0 bridgehead atoms. The number of hydrogen-bond acceptors (Lipinski definition) is 1. The summed E-state index contributed by atoms with van der Waals surface area (Å²) in [5.41, 5.74) is 0. The lowest BCUT2D eigenvalue weighted by Crippen LogP contribution is -2.06. The van der Waals surface area contributed by atoms with Crippen molar-refractivity contribution in [3.63, 3.8) is 0 Å². The maximum absolute atomic E-state index is 6.05. The molecule has 0 saturated carbocycles. The number of allylic oxidation sites excluding steroid dienone is 1. The number of epoxide rings is 1. The van der Waals surface area contributed by atoms with Crippen molar-refractivity contribution in [1.82, 2.24) is 0 Å². The maximum Gasteiger partial charge on any atom is 0.0972 e. The van der Waals surface area contributed by atoms with Crippen LogP contribution in [0.5, 0.6) is 0 Å². The first-order valence-corrected chi connectivity index (χ1v) is 5.15. The van der Waals surface area contributed by atoms with Crippen LogP contribution in [0.15, 0.2) is 12.7 Å². The van der Waals surface area contributed by atoms with Crippen LogP contribution in [0.25, 0.3) is 0 Å². The summed E-state index contributed by atoms with van der Waals surface area (Å²) < 4.78 is 5.10. The third-order valence-corrected chi connectivity index (χ3v) is 2.65. The van der Waals surface area contributed by atoms with E-state index in [0.717, 1.165) is 19.4 Å². The van der Waals surface area contributed by atoms with Gasteiger partial charge in [-0.3, -0.25) is 0 Å². The van der Waals surface area contributed by atoms with Crippen LogP contribution >= 0.6 is 11.6 Å². The van der Waals surface area contributed by atoms with Gasteiger partial charge in [-0.15, -0.1) is 18.2 Å². The molecule has 1 saturated heterocycles. The van der Waals surface area contributed by atoms with Gasteiger partial charge >= 0.3 is 0 Å². The lowest BCUT2D eigenvalue weighted by Gasteiger charge is -2.04. The molecular formula is C10H17ClO. The fraction of sp³-hybridized carbons (Fsp3) is 0.800. The summed E-state index contributed by atoms with van der Waals surface area (Å²) in [4.78, 5) is 0. The van der Waals surface area contributed by atoms with Gasteiger partial charge in [0.25, 0.3) is 0 Å². The summed E-state index contributed by atoms with van der Waals surface area (Å²) in [6.07, 6.45) is 8.31. The summed E-state index contributed by atoms with van der Waals surface area (Å²) in [5.74, 6) is 0. The van der Waals surface area contributed by atoms with Crippen molar-refractivity contribution in [3.8, 4) is 0 Å². The Morgan fingerprint density at radius 1 is 1.50 bits per heavy atom. The van der Waals surface area contributed by atoms with Gasteiger partial charge in [0.1, 0.15) is 0 Å². The van der Waals surface area contributed by atoms with Gasteiger partial charge < -0.3 is 4.74 Å². The van der Waals surface area contributed by atoms with E-state index in [4.69, 9.17) is 16.3 Å². The quantitative estimate of drug-likeness (QED) is 0.259. The van der Waals surface area contributed by atoms with Crippen LogP contribution in [0.4, 0.5) is 0 Å². The van der Waals surface area contributed by atoms with E-state index in [1.54, 1.807) is 0 Å². The molecule has 0 aromatic carbocycles. The Bertz CT molecular complexity index is 132. The standard InChI is InChI=1S/C10H17ClO/c1-2-3-4-5-6-7-9(11)10-8-12-10/h2,9-10H,1,3-8H2/t9-,10+/m0/s1. The Labute approximate surface area is 79.7 Å². The first-order valence-electron chi connectivity index (χ1n) is 4.71. The molecule has 0 aromatic heterocycles.